The van der Waals surface area contributed by atoms with Crippen molar-refractivity contribution in [1.29, 1.82) is 0 Å². The van der Waals surface area contributed by atoms with E-state index in [0.717, 1.165) is 16.0 Å². The molecule has 106 valence electrons. The molecule has 0 bridgehead atoms. The molecule has 1 aromatic heterocycles. The number of hydrazone groups is 1. The molecule has 3 rings (SSSR count). The smallest absolute Gasteiger partial charge is 0.362 e. The molecule has 4 nitrogen and oxygen atoms in total. The molecule has 0 spiro atoms. The van der Waals surface area contributed by atoms with Gasteiger partial charge in [0.25, 0.3) is 5.72 Å². The zero-order chi connectivity index (χ0) is 14.5. The van der Waals surface area contributed by atoms with Gasteiger partial charge in [0.2, 0.25) is 5.13 Å². The number of aliphatic hydroxyl groups is 1. The van der Waals surface area contributed by atoms with Crippen molar-refractivity contribution in [2.75, 3.05) is 5.01 Å². The lowest BCUT2D eigenvalue weighted by Crippen LogP contribution is -2.55. The van der Waals surface area contributed by atoms with Gasteiger partial charge >= 0.3 is 6.18 Å². The average molecular weight is 301 g/mol. The Bertz CT molecular complexity index is 664. The summed E-state index contributed by atoms with van der Waals surface area (Å²) >= 11 is 1.06. The molecule has 1 aliphatic rings. The van der Waals surface area contributed by atoms with Crippen LogP contribution in [0.2, 0.25) is 0 Å². The van der Waals surface area contributed by atoms with Crippen LogP contribution in [0.25, 0.3) is 10.2 Å². The molecule has 1 N–H and O–H groups in total. The van der Waals surface area contributed by atoms with Crippen LogP contribution in [0.1, 0.15) is 13.3 Å². The van der Waals surface area contributed by atoms with Crippen LogP contribution in [0.5, 0.6) is 0 Å². The highest BCUT2D eigenvalue weighted by atomic mass is 32.1. The summed E-state index contributed by atoms with van der Waals surface area (Å²) in [6, 6.07) is 6.99. The number of alkyl halides is 3. The Morgan fingerprint density at radius 2 is 2.05 bits per heavy atom. The van der Waals surface area contributed by atoms with Crippen LogP contribution in [0.15, 0.2) is 29.4 Å². The number of aromatic nitrogens is 1. The fourth-order valence-electron chi connectivity index (χ4n) is 2.09. The number of fused-ring (bicyclic) bond motifs is 1. The summed E-state index contributed by atoms with van der Waals surface area (Å²) in [5, 5.41) is 14.4. The molecular weight excluding hydrogens is 291 g/mol. The minimum Gasteiger partial charge on any atom is -0.362 e. The number of rotatable bonds is 1. The molecule has 0 saturated heterocycles. The van der Waals surface area contributed by atoms with Gasteiger partial charge in [0, 0.05) is 12.1 Å². The topological polar surface area (TPSA) is 48.7 Å². The number of para-hydroxylation sites is 1. The normalized spacial score (nSPS) is 23.4. The number of nitrogens with zero attached hydrogens (tertiary/aromatic N) is 3. The molecule has 0 saturated carbocycles. The van der Waals surface area contributed by atoms with Gasteiger partial charge in [0.05, 0.1) is 10.2 Å². The highest BCUT2D eigenvalue weighted by Gasteiger charge is 2.62. The minimum atomic E-state index is -4.81. The molecule has 1 atom stereocenters. The second-order valence-electron chi connectivity index (χ2n) is 4.60. The summed E-state index contributed by atoms with van der Waals surface area (Å²) in [4.78, 5) is 4.12. The van der Waals surface area contributed by atoms with E-state index in [0.29, 0.717) is 10.5 Å². The minimum absolute atomic E-state index is 0.0304. The van der Waals surface area contributed by atoms with Gasteiger partial charge in [-0.3, -0.25) is 0 Å². The first kappa shape index (κ1) is 13.3. The summed E-state index contributed by atoms with van der Waals surface area (Å²) in [7, 11) is 0. The van der Waals surface area contributed by atoms with Gasteiger partial charge < -0.3 is 5.11 Å². The van der Waals surface area contributed by atoms with E-state index in [4.69, 9.17) is 0 Å². The Balaban J connectivity index is 2.11. The summed E-state index contributed by atoms with van der Waals surface area (Å²) in [5.41, 5.74) is -2.23. The lowest BCUT2D eigenvalue weighted by atomic mass is 10.1. The molecule has 0 fully saturated rings. The third kappa shape index (κ3) is 1.87. The maximum atomic E-state index is 13.1. The van der Waals surface area contributed by atoms with Crippen molar-refractivity contribution < 1.29 is 18.3 Å². The maximum Gasteiger partial charge on any atom is 0.438 e. The third-order valence-corrected chi connectivity index (χ3v) is 4.05. The van der Waals surface area contributed by atoms with Crippen LogP contribution in [-0.4, -0.2) is 27.7 Å². The Hall–Kier alpha value is -1.67. The molecule has 0 radical (unpaired) electrons. The molecule has 0 aliphatic carbocycles. The van der Waals surface area contributed by atoms with Gasteiger partial charge in [-0.05, 0) is 19.1 Å². The number of hydrogen-bond acceptors (Lipinski definition) is 5. The van der Waals surface area contributed by atoms with Crippen molar-refractivity contribution in [1.82, 2.24) is 4.98 Å². The van der Waals surface area contributed by atoms with Gasteiger partial charge in [0.15, 0.2) is 0 Å². The molecule has 1 aliphatic heterocycles. The third-order valence-electron chi connectivity index (χ3n) is 3.04. The largest absolute Gasteiger partial charge is 0.438 e. The molecule has 1 aromatic carbocycles. The van der Waals surface area contributed by atoms with E-state index in [1.807, 2.05) is 0 Å². The summed E-state index contributed by atoms with van der Waals surface area (Å²) in [6.45, 7) is 1.45. The standard InChI is InChI=1S/C12H10F3N3OS/c1-7-6-11(19,12(13,14)15)18(17-7)10-16-8-4-2-3-5-9(8)20-10/h2-5,19H,6H2,1H3/t11-/m0/s1. The van der Waals surface area contributed by atoms with Crippen molar-refractivity contribution in [3.05, 3.63) is 24.3 Å². The number of thiazole rings is 1. The van der Waals surface area contributed by atoms with Crippen molar-refractivity contribution in [2.45, 2.75) is 25.2 Å². The van der Waals surface area contributed by atoms with E-state index < -0.39 is 18.3 Å². The summed E-state index contributed by atoms with van der Waals surface area (Å²) in [5.74, 6) is 0. The number of benzene rings is 1. The predicted octanol–water partition coefficient (Wildman–Crippen LogP) is 3.13. The fraction of sp³-hybridized carbons (Fsp3) is 0.333. The molecule has 2 heterocycles. The zero-order valence-corrected chi connectivity index (χ0v) is 11.2. The Morgan fingerprint density at radius 3 is 2.70 bits per heavy atom. The first-order chi connectivity index (χ1) is 9.31. The predicted molar refractivity (Wildman–Crippen MR) is 70.8 cm³/mol. The van der Waals surface area contributed by atoms with Crippen LogP contribution >= 0.6 is 11.3 Å². The lowest BCUT2D eigenvalue weighted by molar-refractivity contribution is -0.254. The van der Waals surface area contributed by atoms with E-state index in [9.17, 15) is 18.3 Å². The number of hydrogen-bond donors (Lipinski definition) is 1. The Kier molecular flexibility index (Phi) is 2.77. The molecule has 2 aromatic rings. The SMILES string of the molecule is CC1=NN(c2nc3ccccc3s2)[C@@](O)(C(F)(F)F)C1. The highest BCUT2D eigenvalue weighted by molar-refractivity contribution is 7.22. The monoisotopic (exact) mass is 301 g/mol. The summed E-state index contributed by atoms with van der Waals surface area (Å²) < 4.78 is 40.1. The van der Waals surface area contributed by atoms with Crippen LogP contribution in [-0.2, 0) is 0 Å². The highest BCUT2D eigenvalue weighted by Crippen LogP contribution is 2.44. The summed E-state index contributed by atoms with van der Waals surface area (Å²) in [6.07, 6.45) is -5.39. The van der Waals surface area contributed by atoms with Crippen molar-refractivity contribution in [3.8, 4) is 0 Å². The number of halogens is 3. The van der Waals surface area contributed by atoms with Crippen molar-refractivity contribution in [2.24, 2.45) is 5.10 Å². The number of anilines is 1. The van der Waals surface area contributed by atoms with Gasteiger partial charge in [0.1, 0.15) is 0 Å². The van der Waals surface area contributed by atoms with E-state index in [1.165, 1.54) is 6.92 Å². The van der Waals surface area contributed by atoms with Crippen molar-refractivity contribution in [3.63, 3.8) is 0 Å². The van der Waals surface area contributed by atoms with E-state index in [1.54, 1.807) is 24.3 Å². The maximum absolute atomic E-state index is 13.1. The molecule has 8 heteroatoms. The first-order valence-electron chi connectivity index (χ1n) is 5.80. The van der Waals surface area contributed by atoms with Crippen LogP contribution in [0, 0.1) is 0 Å². The molecule has 0 unspecified atom stereocenters. The van der Waals surface area contributed by atoms with Gasteiger partial charge in [-0.2, -0.15) is 23.3 Å². The second-order valence-corrected chi connectivity index (χ2v) is 5.61. The quantitative estimate of drug-likeness (QED) is 0.880. The van der Waals surface area contributed by atoms with Gasteiger partial charge in [-0.25, -0.2) is 4.98 Å². The van der Waals surface area contributed by atoms with E-state index >= 15 is 0 Å². The lowest BCUT2D eigenvalue weighted by Gasteiger charge is -2.32. The van der Waals surface area contributed by atoms with Crippen LogP contribution < -0.4 is 5.01 Å². The Labute approximate surface area is 116 Å². The molecule has 20 heavy (non-hydrogen) atoms. The molecule has 0 amide bonds. The van der Waals surface area contributed by atoms with Crippen LogP contribution in [0.3, 0.4) is 0 Å². The second kappa shape index (κ2) is 4.16. The zero-order valence-electron chi connectivity index (χ0n) is 10.3. The Morgan fingerprint density at radius 1 is 1.35 bits per heavy atom. The van der Waals surface area contributed by atoms with E-state index in [2.05, 4.69) is 10.1 Å². The van der Waals surface area contributed by atoms with Crippen LogP contribution in [0.4, 0.5) is 18.3 Å². The fourth-order valence-corrected chi connectivity index (χ4v) is 3.08. The first-order valence-corrected chi connectivity index (χ1v) is 6.62. The average Bonchev–Trinajstić information content (AvgIpc) is 2.89. The van der Waals surface area contributed by atoms with E-state index in [-0.39, 0.29) is 10.8 Å². The van der Waals surface area contributed by atoms with Gasteiger partial charge in [-0.15, -0.1) is 0 Å². The van der Waals surface area contributed by atoms with Gasteiger partial charge in [-0.1, -0.05) is 23.5 Å². The molecular formula is C12H10F3N3OS. The van der Waals surface area contributed by atoms with Crippen molar-refractivity contribution >= 4 is 32.4 Å².